The third kappa shape index (κ3) is 5.54. The number of amides is 1. The Labute approximate surface area is 192 Å². The van der Waals surface area contributed by atoms with Gasteiger partial charge in [-0.3, -0.25) is 9.59 Å². The zero-order valence-electron chi connectivity index (χ0n) is 18.3. The summed E-state index contributed by atoms with van der Waals surface area (Å²) in [6.07, 6.45) is 0.420. The van der Waals surface area contributed by atoms with Crippen LogP contribution >= 0.6 is 0 Å². The lowest BCUT2D eigenvalue weighted by Gasteiger charge is -2.05. The van der Waals surface area contributed by atoms with Crippen molar-refractivity contribution in [3.05, 3.63) is 96.4 Å². The van der Waals surface area contributed by atoms with Crippen molar-refractivity contribution in [3.63, 3.8) is 0 Å². The first kappa shape index (κ1) is 22.0. The van der Waals surface area contributed by atoms with Crippen LogP contribution in [0.2, 0.25) is 0 Å². The van der Waals surface area contributed by atoms with Gasteiger partial charge in [0.1, 0.15) is 11.4 Å². The van der Waals surface area contributed by atoms with Gasteiger partial charge in [-0.2, -0.15) is 0 Å². The molecular formula is C27H24N2O4. The summed E-state index contributed by atoms with van der Waals surface area (Å²) in [7, 11) is 0. The Hall–Kier alpha value is -4.19. The molecule has 4 rings (SSSR count). The number of aryl methyl sites for hydroxylation is 1. The van der Waals surface area contributed by atoms with Gasteiger partial charge in [0.15, 0.2) is 11.7 Å². The van der Waals surface area contributed by atoms with E-state index in [1.54, 1.807) is 24.3 Å². The number of benzene rings is 3. The van der Waals surface area contributed by atoms with Crippen molar-refractivity contribution in [3.8, 4) is 28.3 Å². The van der Waals surface area contributed by atoms with Crippen molar-refractivity contribution < 1.29 is 18.7 Å². The third-order valence-corrected chi connectivity index (χ3v) is 4.98. The molecule has 1 heterocycles. The maximum Gasteiger partial charge on any atom is 0.311 e. The van der Waals surface area contributed by atoms with Crippen LogP contribution < -0.4 is 10.1 Å². The first-order chi connectivity index (χ1) is 16.1. The highest BCUT2D eigenvalue weighted by atomic mass is 16.5. The average molecular weight is 440 g/mol. The molecule has 0 atom stereocenters. The number of carbonyl (C=O) groups excluding carboxylic acids is 2. The first-order valence-electron chi connectivity index (χ1n) is 10.8. The number of oxazole rings is 1. The van der Waals surface area contributed by atoms with Gasteiger partial charge in [-0.15, -0.1) is 0 Å². The predicted molar refractivity (Wildman–Crippen MR) is 126 cm³/mol. The number of ether oxygens (including phenoxy) is 1. The molecule has 1 aromatic heterocycles. The van der Waals surface area contributed by atoms with Crippen molar-refractivity contribution in [1.29, 1.82) is 0 Å². The number of hydrogen-bond donors (Lipinski definition) is 1. The maximum atomic E-state index is 12.4. The molecule has 4 aromatic rings. The number of carbonyl (C=O) groups is 2. The van der Waals surface area contributed by atoms with Crippen LogP contribution in [0.4, 0.5) is 0 Å². The van der Waals surface area contributed by atoms with Gasteiger partial charge in [-0.05, 0) is 31.2 Å². The molecule has 1 N–H and O–H groups in total. The van der Waals surface area contributed by atoms with Crippen molar-refractivity contribution >= 4 is 11.9 Å². The minimum absolute atomic E-state index is 0.112. The number of hydrogen-bond acceptors (Lipinski definition) is 5. The fourth-order valence-electron chi connectivity index (χ4n) is 3.38. The highest BCUT2D eigenvalue weighted by Crippen LogP contribution is 2.32. The molecule has 0 spiro atoms. The highest BCUT2D eigenvalue weighted by Gasteiger charge is 2.18. The molecule has 0 aliphatic heterocycles. The van der Waals surface area contributed by atoms with Gasteiger partial charge in [0.05, 0.1) is 6.42 Å². The van der Waals surface area contributed by atoms with E-state index < -0.39 is 5.97 Å². The zero-order chi connectivity index (χ0) is 23.0. The van der Waals surface area contributed by atoms with Gasteiger partial charge in [0.2, 0.25) is 0 Å². The summed E-state index contributed by atoms with van der Waals surface area (Å²) in [4.78, 5) is 28.9. The minimum atomic E-state index is -0.401. The van der Waals surface area contributed by atoms with E-state index in [0.717, 1.165) is 16.8 Å². The van der Waals surface area contributed by atoms with E-state index in [1.165, 1.54) is 0 Å². The summed E-state index contributed by atoms with van der Waals surface area (Å²) in [5, 5.41) is 2.73. The second-order valence-electron chi connectivity index (χ2n) is 7.38. The van der Waals surface area contributed by atoms with Crippen LogP contribution in [0.5, 0.6) is 5.75 Å². The lowest BCUT2D eigenvalue weighted by atomic mass is 10.1. The van der Waals surface area contributed by atoms with Crippen LogP contribution in [0.1, 0.15) is 29.6 Å². The van der Waals surface area contributed by atoms with Gasteiger partial charge < -0.3 is 14.5 Å². The molecule has 6 heteroatoms. The van der Waals surface area contributed by atoms with Crippen molar-refractivity contribution in [2.24, 2.45) is 0 Å². The molecule has 0 radical (unpaired) electrons. The number of rotatable bonds is 8. The third-order valence-electron chi connectivity index (χ3n) is 4.98. The Morgan fingerprint density at radius 2 is 1.52 bits per heavy atom. The normalized spacial score (nSPS) is 10.6. The molecule has 0 bridgehead atoms. The van der Waals surface area contributed by atoms with Gasteiger partial charge in [0.25, 0.3) is 5.91 Å². The molecule has 33 heavy (non-hydrogen) atoms. The van der Waals surface area contributed by atoms with E-state index in [9.17, 15) is 9.59 Å². The van der Waals surface area contributed by atoms with Gasteiger partial charge in [-0.25, -0.2) is 4.98 Å². The first-order valence-corrected chi connectivity index (χ1v) is 10.8. The number of nitrogens with zero attached hydrogens (tertiary/aromatic N) is 1. The van der Waals surface area contributed by atoms with Crippen LogP contribution in [0, 0.1) is 0 Å². The van der Waals surface area contributed by atoms with E-state index in [4.69, 9.17) is 9.15 Å². The van der Waals surface area contributed by atoms with Gasteiger partial charge in [-0.1, -0.05) is 60.7 Å². The van der Waals surface area contributed by atoms with Gasteiger partial charge in [0, 0.05) is 29.7 Å². The maximum absolute atomic E-state index is 12.4. The molecule has 3 aromatic carbocycles. The summed E-state index contributed by atoms with van der Waals surface area (Å²) in [5.41, 5.74) is 3.12. The van der Waals surface area contributed by atoms with E-state index in [-0.39, 0.29) is 12.3 Å². The summed E-state index contributed by atoms with van der Waals surface area (Å²) in [5.74, 6) is 0.960. The van der Waals surface area contributed by atoms with E-state index in [1.807, 2.05) is 67.6 Å². The average Bonchev–Trinajstić information content (AvgIpc) is 3.29. The minimum Gasteiger partial charge on any atom is -0.440 e. The monoisotopic (exact) mass is 440 g/mol. The Kier molecular flexibility index (Phi) is 6.95. The molecule has 0 aliphatic rings. The Morgan fingerprint density at radius 1 is 0.879 bits per heavy atom. The highest BCUT2D eigenvalue weighted by molar-refractivity contribution is 5.94. The van der Waals surface area contributed by atoms with Crippen molar-refractivity contribution in [2.45, 2.75) is 19.8 Å². The predicted octanol–water partition coefficient (Wildman–Crippen LogP) is 5.30. The molecule has 6 nitrogen and oxygen atoms in total. The number of esters is 1. The smallest absolute Gasteiger partial charge is 0.311 e. The fourth-order valence-corrected chi connectivity index (χ4v) is 3.38. The lowest BCUT2D eigenvalue weighted by molar-refractivity contribution is -0.134. The van der Waals surface area contributed by atoms with E-state index in [2.05, 4.69) is 10.3 Å². The summed E-state index contributed by atoms with van der Waals surface area (Å²) >= 11 is 0. The Morgan fingerprint density at radius 3 is 2.15 bits per heavy atom. The molecule has 0 saturated heterocycles. The Balaban J connectivity index is 1.44. The second kappa shape index (κ2) is 10.4. The summed E-state index contributed by atoms with van der Waals surface area (Å²) in [6, 6.07) is 26.0. The second-order valence-corrected chi connectivity index (χ2v) is 7.38. The fraction of sp³-hybridized carbons (Fsp3) is 0.148. The van der Waals surface area contributed by atoms with E-state index >= 15 is 0 Å². The Bertz CT molecular complexity index is 1160. The SMILES string of the molecule is CCNC(=O)c1ccc(OC(=O)CCc2nc(-c3ccccc3)c(-c3ccccc3)o2)cc1. The number of nitrogens with one attached hydrogen (secondary N) is 1. The van der Waals surface area contributed by atoms with Crippen LogP contribution in [0.15, 0.2) is 89.3 Å². The lowest BCUT2D eigenvalue weighted by Crippen LogP contribution is -2.22. The molecule has 0 aliphatic carbocycles. The van der Waals surface area contributed by atoms with Crippen LogP contribution in [0.3, 0.4) is 0 Å². The van der Waals surface area contributed by atoms with Crippen LogP contribution in [0.25, 0.3) is 22.6 Å². The van der Waals surface area contributed by atoms with Crippen molar-refractivity contribution in [1.82, 2.24) is 10.3 Å². The van der Waals surface area contributed by atoms with Crippen molar-refractivity contribution in [2.75, 3.05) is 6.54 Å². The summed E-state index contributed by atoms with van der Waals surface area (Å²) in [6.45, 7) is 2.40. The molecule has 0 saturated carbocycles. The largest absolute Gasteiger partial charge is 0.440 e. The molecular weight excluding hydrogens is 416 g/mol. The van der Waals surface area contributed by atoms with E-state index in [0.29, 0.717) is 35.9 Å². The molecule has 166 valence electrons. The topological polar surface area (TPSA) is 81.4 Å². The molecule has 0 fully saturated rings. The van der Waals surface area contributed by atoms with Crippen LogP contribution in [-0.4, -0.2) is 23.4 Å². The zero-order valence-corrected chi connectivity index (χ0v) is 18.3. The number of aromatic nitrogens is 1. The van der Waals surface area contributed by atoms with Crippen LogP contribution in [-0.2, 0) is 11.2 Å². The molecule has 0 unspecified atom stereocenters. The quantitative estimate of drug-likeness (QED) is 0.297. The summed E-state index contributed by atoms with van der Waals surface area (Å²) < 4.78 is 11.5. The standard InChI is InChI=1S/C27H24N2O4/c1-2-28-27(31)21-13-15-22(16-14-21)32-24(30)18-17-23-29-25(19-9-5-3-6-10-19)26(33-23)20-11-7-4-8-12-20/h3-16H,2,17-18H2,1H3,(H,28,31). The molecule has 1 amide bonds. The van der Waals surface area contributed by atoms with Gasteiger partial charge >= 0.3 is 5.97 Å².